The number of ether oxygens (including phenoxy) is 1. The average Bonchev–Trinajstić information content (AvgIpc) is 2.67. The Bertz CT molecular complexity index is 738. The second-order valence-electron chi connectivity index (χ2n) is 5.69. The lowest BCUT2D eigenvalue weighted by atomic mass is 10.00. The third kappa shape index (κ3) is 5.65. The third-order valence-corrected chi connectivity index (χ3v) is 3.76. The molecule has 7 heteroatoms. The molecule has 0 aliphatic heterocycles. The minimum atomic E-state index is -1.52. The van der Waals surface area contributed by atoms with Crippen LogP contribution >= 0.6 is 0 Å². The maximum absolute atomic E-state index is 13.8. The Labute approximate surface area is 150 Å². The van der Waals surface area contributed by atoms with Crippen molar-refractivity contribution < 1.29 is 28.9 Å². The van der Waals surface area contributed by atoms with Gasteiger partial charge in [-0.3, -0.25) is 4.79 Å². The molecule has 0 aliphatic carbocycles. The third-order valence-electron chi connectivity index (χ3n) is 3.76. The van der Waals surface area contributed by atoms with Crippen LogP contribution in [0.15, 0.2) is 48.5 Å². The van der Waals surface area contributed by atoms with Crippen molar-refractivity contribution in [2.75, 3.05) is 6.54 Å². The molecule has 0 radical (unpaired) electrons. The molecule has 0 aliphatic rings. The highest BCUT2D eigenvalue weighted by molar-refractivity contribution is 5.75. The zero-order valence-corrected chi connectivity index (χ0v) is 14.0. The normalized spacial score (nSPS) is 12.9. The van der Waals surface area contributed by atoms with E-state index < -0.39 is 24.1 Å². The number of halogens is 1. The maximum Gasteiger partial charge on any atom is 0.407 e. The number of carbonyl (C=O) groups is 2. The fraction of sp³-hybridized carbons (Fsp3) is 0.263. The minimum Gasteiger partial charge on any atom is -0.445 e. The lowest BCUT2D eigenvalue weighted by Gasteiger charge is -2.19. The van der Waals surface area contributed by atoms with Crippen LogP contribution in [0.5, 0.6) is 0 Å². The number of carbonyl (C=O) groups excluding carboxylic acids is 2. The van der Waals surface area contributed by atoms with Gasteiger partial charge in [-0.25, -0.2) is 9.18 Å². The molecule has 0 saturated heterocycles. The number of aliphatic hydroxyl groups is 2. The van der Waals surface area contributed by atoms with E-state index in [1.807, 2.05) is 30.3 Å². The van der Waals surface area contributed by atoms with E-state index in [9.17, 15) is 24.2 Å². The number of amides is 1. The van der Waals surface area contributed by atoms with Gasteiger partial charge in [0, 0.05) is 17.7 Å². The van der Waals surface area contributed by atoms with Gasteiger partial charge in [-0.15, -0.1) is 0 Å². The summed E-state index contributed by atoms with van der Waals surface area (Å²) in [4.78, 5) is 22.3. The molecule has 2 aromatic carbocycles. The fourth-order valence-electron chi connectivity index (χ4n) is 2.32. The number of aldehydes is 1. The van der Waals surface area contributed by atoms with Crippen LogP contribution in [-0.2, 0) is 11.3 Å². The van der Waals surface area contributed by atoms with E-state index in [0.29, 0.717) is 6.29 Å². The Morgan fingerprint density at radius 2 is 1.92 bits per heavy atom. The van der Waals surface area contributed by atoms with Crippen molar-refractivity contribution in [3.8, 4) is 0 Å². The van der Waals surface area contributed by atoms with E-state index in [2.05, 4.69) is 5.32 Å². The fourth-order valence-corrected chi connectivity index (χ4v) is 2.32. The van der Waals surface area contributed by atoms with Crippen LogP contribution in [-0.4, -0.2) is 35.2 Å². The molecule has 1 amide bonds. The summed E-state index contributed by atoms with van der Waals surface area (Å²) < 4.78 is 18.8. The molecule has 0 bridgehead atoms. The van der Waals surface area contributed by atoms with E-state index in [-0.39, 0.29) is 30.7 Å². The molecule has 6 nitrogen and oxygen atoms in total. The first-order valence-corrected chi connectivity index (χ1v) is 8.06. The van der Waals surface area contributed by atoms with Crippen LogP contribution in [0.2, 0.25) is 0 Å². The minimum absolute atomic E-state index is 0.0215. The summed E-state index contributed by atoms with van der Waals surface area (Å²) in [5.74, 6) is -0.725. The Kier molecular flexibility index (Phi) is 7.25. The van der Waals surface area contributed by atoms with Crippen molar-refractivity contribution in [1.82, 2.24) is 5.32 Å². The molecule has 2 unspecified atom stereocenters. The Hall–Kier alpha value is -2.77. The van der Waals surface area contributed by atoms with Gasteiger partial charge in [0.05, 0.1) is 6.10 Å². The Morgan fingerprint density at radius 1 is 1.19 bits per heavy atom. The lowest BCUT2D eigenvalue weighted by Crippen LogP contribution is -2.30. The molecule has 0 fully saturated rings. The van der Waals surface area contributed by atoms with Gasteiger partial charge in [0.1, 0.15) is 24.8 Å². The molecule has 0 heterocycles. The van der Waals surface area contributed by atoms with Gasteiger partial charge >= 0.3 is 6.09 Å². The summed E-state index contributed by atoms with van der Waals surface area (Å²) in [5, 5.41) is 22.5. The molecular weight excluding hydrogens is 341 g/mol. The van der Waals surface area contributed by atoms with Gasteiger partial charge in [0.2, 0.25) is 0 Å². The lowest BCUT2D eigenvalue weighted by molar-refractivity contribution is 0.0116. The van der Waals surface area contributed by atoms with E-state index in [1.54, 1.807) is 0 Å². The summed E-state index contributed by atoms with van der Waals surface area (Å²) in [5.41, 5.74) is 0.854. The van der Waals surface area contributed by atoms with Gasteiger partial charge in [-0.2, -0.15) is 0 Å². The van der Waals surface area contributed by atoms with E-state index in [4.69, 9.17) is 4.74 Å². The van der Waals surface area contributed by atoms with Crippen LogP contribution in [0.1, 0.15) is 34.0 Å². The van der Waals surface area contributed by atoms with Crippen LogP contribution in [0.25, 0.3) is 0 Å². The predicted molar refractivity (Wildman–Crippen MR) is 92.0 cm³/mol. The predicted octanol–water partition coefficient (Wildman–Crippen LogP) is 2.35. The van der Waals surface area contributed by atoms with Crippen molar-refractivity contribution >= 4 is 12.4 Å². The highest BCUT2D eigenvalue weighted by Crippen LogP contribution is 2.22. The van der Waals surface area contributed by atoms with Crippen molar-refractivity contribution in [1.29, 1.82) is 0 Å². The molecule has 2 rings (SSSR count). The Morgan fingerprint density at radius 3 is 2.62 bits per heavy atom. The first kappa shape index (κ1) is 19.6. The van der Waals surface area contributed by atoms with Gasteiger partial charge in [-0.1, -0.05) is 30.3 Å². The quantitative estimate of drug-likeness (QED) is 0.627. The van der Waals surface area contributed by atoms with Crippen LogP contribution in [0.3, 0.4) is 0 Å². The van der Waals surface area contributed by atoms with Crippen molar-refractivity contribution in [3.05, 3.63) is 71.0 Å². The van der Waals surface area contributed by atoms with Gasteiger partial charge in [0.15, 0.2) is 0 Å². The van der Waals surface area contributed by atoms with Gasteiger partial charge in [0.25, 0.3) is 0 Å². The number of alkyl carbamates (subject to hydrolysis) is 1. The Balaban J connectivity index is 1.78. The summed E-state index contributed by atoms with van der Waals surface area (Å²) in [6.07, 6.45) is -3.00. The van der Waals surface area contributed by atoms with Crippen molar-refractivity contribution in [3.63, 3.8) is 0 Å². The smallest absolute Gasteiger partial charge is 0.407 e. The van der Waals surface area contributed by atoms with E-state index in [0.717, 1.165) is 11.6 Å². The number of aliphatic hydroxyl groups excluding tert-OH is 2. The second-order valence-corrected chi connectivity index (χ2v) is 5.69. The SMILES string of the molecule is O=Cc1ccc(F)c(C(O)C(O)CCNC(=O)OCc2ccccc2)c1. The first-order valence-electron chi connectivity index (χ1n) is 8.06. The highest BCUT2D eigenvalue weighted by Gasteiger charge is 2.22. The number of nitrogens with one attached hydrogen (secondary N) is 1. The monoisotopic (exact) mass is 361 g/mol. The molecule has 2 aromatic rings. The topological polar surface area (TPSA) is 95.9 Å². The molecule has 0 saturated carbocycles. The van der Waals surface area contributed by atoms with Crippen molar-refractivity contribution in [2.24, 2.45) is 0 Å². The molecule has 0 aromatic heterocycles. The number of rotatable bonds is 8. The maximum atomic E-state index is 13.8. The molecule has 0 spiro atoms. The average molecular weight is 361 g/mol. The summed E-state index contributed by atoms with van der Waals surface area (Å²) in [6, 6.07) is 12.6. The van der Waals surface area contributed by atoms with Gasteiger partial charge < -0.3 is 20.3 Å². The molecule has 26 heavy (non-hydrogen) atoms. The van der Waals surface area contributed by atoms with Crippen molar-refractivity contribution in [2.45, 2.75) is 25.2 Å². The highest BCUT2D eigenvalue weighted by atomic mass is 19.1. The van der Waals surface area contributed by atoms with Crippen LogP contribution in [0.4, 0.5) is 9.18 Å². The zero-order valence-electron chi connectivity index (χ0n) is 14.0. The van der Waals surface area contributed by atoms with E-state index >= 15 is 0 Å². The number of hydrogen-bond acceptors (Lipinski definition) is 5. The van der Waals surface area contributed by atoms with E-state index in [1.165, 1.54) is 12.1 Å². The number of benzene rings is 2. The largest absolute Gasteiger partial charge is 0.445 e. The molecule has 138 valence electrons. The van der Waals surface area contributed by atoms with Crippen LogP contribution < -0.4 is 5.32 Å². The molecule has 3 N–H and O–H groups in total. The molecular formula is C19H20FNO5. The second kappa shape index (κ2) is 9.65. The first-order chi connectivity index (χ1) is 12.5. The van der Waals surface area contributed by atoms with Crippen LogP contribution in [0, 0.1) is 5.82 Å². The molecule has 2 atom stereocenters. The summed E-state index contributed by atoms with van der Waals surface area (Å²) in [6.45, 7) is 0.141. The summed E-state index contributed by atoms with van der Waals surface area (Å²) >= 11 is 0. The summed E-state index contributed by atoms with van der Waals surface area (Å²) in [7, 11) is 0. The number of hydrogen-bond donors (Lipinski definition) is 3. The van der Waals surface area contributed by atoms with Gasteiger partial charge in [-0.05, 0) is 30.2 Å². The zero-order chi connectivity index (χ0) is 18.9. The standard InChI is InChI=1S/C19H20FNO5/c20-16-7-6-14(11-22)10-15(16)18(24)17(23)8-9-21-19(25)26-12-13-4-2-1-3-5-13/h1-7,10-11,17-18,23-24H,8-9,12H2,(H,21,25).